The van der Waals surface area contributed by atoms with Crippen molar-refractivity contribution in [1.82, 2.24) is 14.3 Å². The zero-order chi connectivity index (χ0) is 9.97. The van der Waals surface area contributed by atoms with E-state index in [1.807, 2.05) is 13.0 Å². The lowest BCUT2D eigenvalue weighted by Gasteiger charge is -1.98. The van der Waals surface area contributed by atoms with Gasteiger partial charge in [-0.2, -0.15) is 4.37 Å². The molecule has 0 amide bonds. The normalized spacial score (nSPS) is 10.4. The van der Waals surface area contributed by atoms with E-state index in [-0.39, 0.29) is 0 Å². The van der Waals surface area contributed by atoms with E-state index >= 15 is 0 Å². The third-order valence-corrected chi connectivity index (χ3v) is 4.25. The quantitative estimate of drug-likeness (QED) is 0.851. The van der Waals surface area contributed by atoms with Crippen molar-refractivity contribution in [1.29, 1.82) is 0 Å². The molecule has 2 heterocycles. The van der Waals surface area contributed by atoms with Crippen LogP contribution in [0.25, 0.3) is 0 Å². The molecule has 0 spiro atoms. The molecule has 0 atom stereocenters. The third kappa shape index (κ3) is 2.31. The number of aryl methyl sites for hydroxylation is 1. The molecule has 2 rings (SSSR count). The van der Waals surface area contributed by atoms with Gasteiger partial charge in [0, 0.05) is 21.8 Å². The number of nitrogens with zero attached hydrogens (tertiary/aromatic N) is 3. The summed E-state index contributed by atoms with van der Waals surface area (Å²) in [6.07, 6.45) is 3.54. The molecule has 72 valence electrons. The van der Waals surface area contributed by atoms with Gasteiger partial charge in [0.2, 0.25) is 0 Å². The van der Waals surface area contributed by atoms with Gasteiger partial charge < -0.3 is 0 Å². The van der Waals surface area contributed by atoms with Gasteiger partial charge in [0.1, 0.15) is 5.82 Å². The molecule has 3 nitrogen and oxygen atoms in total. The van der Waals surface area contributed by atoms with Gasteiger partial charge >= 0.3 is 0 Å². The van der Waals surface area contributed by atoms with Crippen molar-refractivity contribution >= 4 is 39.2 Å². The Morgan fingerprint density at radius 1 is 1.50 bits per heavy atom. The van der Waals surface area contributed by atoms with E-state index < -0.39 is 0 Å². The summed E-state index contributed by atoms with van der Waals surface area (Å²) in [6, 6.07) is 1.95. The minimum Gasteiger partial charge on any atom is -0.263 e. The van der Waals surface area contributed by atoms with Crippen LogP contribution in [0, 0.1) is 6.92 Å². The molecule has 0 fully saturated rings. The van der Waals surface area contributed by atoms with Crippen molar-refractivity contribution in [3.63, 3.8) is 0 Å². The van der Waals surface area contributed by atoms with Gasteiger partial charge in [-0.25, -0.2) is 4.98 Å². The van der Waals surface area contributed by atoms with E-state index in [1.165, 1.54) is 11.5 Å². The van der Waals surface area contributed by atoms with Crippen molar-refractivity contribution in [2.45, 2.75) is 16.2 Å². The molecule has 0 radical (unpaired) electrons. The highest BCUT2D eigenvalue weighted by molar-refractivity contribution is 9.10. The Hall–Kier alpha value is -0.460. The number of aromatic nitrogens is 3. The maximum absolute atomic E-state index is 4.28. The van der Waals surface area contributed by atoms with Crippen LogP contribution in [0.5, 0.6) is 0 Å². The van der Waals surface area contributed by atoms with E-state index in [0.717, 1.165) is 19.5 Å². The maximum Gasteiger partial charge on any atom is 0.174 e. The Balaban J connectivity index is 2.23. The number of halogens is 1. The fraction of sp³-hybridized carbons (Fsp3) is 0.125. The lowest BCUT2D eigenvalue weighted by Crippen LogP contribution is -1.77. The zero-order valence-electron chi connectivity index (χ0n) is 7.27. The molecule has 0 bridgehead atoms. The Morgan fingerprint density at radius 3 is 3.00 bits per heavy atom. The van der Waals surface area contributed by atoms with Crippen LogP contribution in [0.3, 0.4) is 0 Å². The predicted molar refractivity (Wildman–Crippen MR) is 60.7 cm³/mol. The highest BCUT2D eigenvalue weighted by Gasteiger charge is 2.05. The Bertz CT molecular complexity index is 444. The smallest absolute Gasteiger partial charge is 0.174 e. The second-order valence-corrected chi connectivity index (χ2v) is 5.41. The minimum atomic E-state index is 0.822. The van der Waals surface area contributed by atoms with Crippen LogP contribution < -0.4 is 0 Å². The number of hydrogen-bond donors (Lipinski definition) is 0. The van der Waals surface area contributed by atoms with Crippen LogP contribution in [-0.4, -0.2) is 14.3 Å². The van der Waals surface area contributed by atoms with E-state index in [9.17, 15) is 0 Å². The summed E-state index contributed by atoms with van der Waals surface area (Å²) < 4.78 is 6.06. The number of pyridine rings is 1. The molecular weight excluding hydrogens is 282 g/mol. The summed E-state index contributed by atoms with van der Waals surface area (Å²) in [5, 5.41) is 0. The van der Waals surface area contributed by atoms with Crippen molar-refractivity contribution in [3.8, 4) is 0 Å². The topological polar surface area (TPSA) is 38.7 Å². The highest BCUT2D eigenvalue weighted by Crippen LogP contribution is 2.33. The van der Waals surface area contributed by atoms with E-state index in [1.54, 1.807) is 24.2 Å². The second-order valence-electron chi connectivity index (χ2n) is 2.52. The van der Waals surface area contributed by atoms with Crippen LogP contribution >= 0.6 is 39.2 Å². The predicted octanol–water partition coefficient (Wildman–Crippen LogP) is 3.16. The summed E-state index contributed by atoms with van der Waals surface area (Å²) in [7, 11) is 0. The average Bonchev–Trinajstić information content (AvgIpc) is 2.56. The number of hydrogen-bond acceptors (Lipinski definition) is 5. The van der Waals surface area contributed by atoms with Gasteiger partial charge in [-0.15, -0.1) is 0 Å². The average molecular weight is 288 g/mol. The lowest BCUT2D eigenvalue weighted by atomic mass is 10.5. The first-order chi connectivity index (χ1) is 6.75. The molecule has 0 aliphatic rings. The van der Waals surface area contributed by atoms with E-state index in [2.05, 4.69) is 30.3 Å². The molecule has 2 aromatic rings. The maximum atomic E-state index is 4.28. The number of rotatable bonds is 2. The molecule has 2 aromatic heterocycles. The molecule has 0 saturated carbocycles. The Labute approximate surface area is 98.3 Å². The fourth-order valence-corrected chi connectivity index (χ4v) is 2.95. The van der Waals surface area contributed by atoms with Crippen LogP contribution in [-0.2, 0) is 0 Å². The van der Waals surface area contributed by atoms with Gasteiger partial charge in [0.15, 0.2) is 4.34 Å². The molecule has 0 aliphatic heterocycles. The van der Waals surface area contributed by atoms with Gasteiger partial charge in [-0.1, -0.05) is 11.8 Å². The first kappa shape index (κ1) is 10.1. The Morgan fingerprint density at radius 2 is 2.36 bits per heavy atom. The SMILES string of the molecule is Cc1nsc(Sc2ccncc2Br)n1. The van der Waals surface area contributed by atoms with Crippen LogP contribution in [0.4, 0.5) is 0 Å². The zero-order valence-corrected chi connectivity index (χ0v) is 10.5. The fourth-order valence-electron chi connectivity index (χ4n) is 0.859. The molecule has 14 heavy (non-hydrogen) atoms. The molecule has 0 N–H and O–H groups in total. The summed E-state index contributed by atoms with van der Waals surface area (Å²) in [4.78, 5) is 9.38. The van der Waals surface area contributed by atoms with Crippen molar-refractivity contribution in [2.75, 3.05) is 0 Å². The van der Waals surface area contributed by atoms with Crippen molar-refractivity contribution in [3.05, 3.63) is 28.8 Å². The summed E-state index contributed by atoms with van der Waals surface area (Å²) >= 11 is 6.44. The van der Waals surface area contributed by atoms with Gasteiger partial charge in [0.05, 0.1) is 0 Å². The third-order valence-electron chi connectivity index (χ3n) is 1.44. The van der Waals surface area contributed by atoms with Gasteiger partial charge in [0.25, 0.3) is 0 Å². The van der Waals surface area contributed by atoms with Crippen LogP contribution in [0.1, 0.15) is 5.82 Å². The first-order valence-corrected chi connectivity index (χ1v) is 6.21. The molecule has 0 aliphatic carbocycles. The summed E-state index contributed by atoms with van der Waals surface area (Å²) in [5.74, 6) is 0.822. The van der Waals surface area contributed by atoms with E-state index in [4.69, 9.17) is 0 Å². The molecule has 6 heteroatoms. The first-order valence-electron chi connectivity index (χ1n) is 3.83. The lowest BCUT2D eigenvalue weighted by molar-refractivity contribution is 1.10. The molecular formula is C8H6BrN3S2. The van der Waals surface area contributed by atoms with Crippen molar-refractivity contribution in [2.24, 2.45) is 0 Å². The second kappa shape index (κ2) is 4.37. The Kier molecular flexibility index (Phi) is 3.15. The largest absolute Gasteiger partial charge is 0.263 e. The van der Waals surface area contributed by atoms with Crippen LogP contribution in [0.15, 0.2) is 32.2 Å². The minimum absolute atomic E-state index is 0.822. The summed E-state index contributed by atoms with van der Waals surface area (Å²) in [6.45, 7) is 1.89. The standard InChI is InChI=1S/C8H6BrN3S2/c1-5-11-8(14-12-5)13-7-2-3-10-4-6(7)9/h2-4H,1H3. The van der Waals surface area contributed by atoms with E-state index in [0.29, 0.717) is 0 Å². The molecule has 0 saturated heterocycles. The monoisotopic (exact) mass is 287 g/mol. The van der Waals surface area contributed by atoms with Crippen LogP contribution in [0.2, 0.25) is 0 Å². The molecule has 0 unspecified atom stereocenters. The van der Waals surface area contributed by atoms with Crippen molar-refractivity contribution < 1.29 is 0 Å². The van der Waals surface area contributed by atoms with Gasteiger partial charge in [-0.3, -0.25) is 4.98 Å². The summed E-state index contributed by atoms with van der Waals surface area (Å²) in [5.41, 5.74) is 0. The molecule has 0 aromatic carbocycles. The van der Waals surface area contributed by atoms with Gasteiger partial charge in [-0.05, 0) is 40.5 Å². The highest BCUT2D eigenvalue weighted by atomic mass is 79.9.